The molecule has 4 heteroatoms. The van der Waals surface area contributed by atoms with Gasteiger partial charge in [-0.3, -0.25) is 0 Å². The molecule has 0 radical (unpaired) electrons. The van der Waals surface area contributed by atoms with Gasteiger partial charge in [0.2, 0.25) is 0 Å². The van der Waals surface area contributed by atoms with Gasteiger partial charge in [0.1, 0.15) is 6.07 Å². The molecule has 0 unspecified atom stereocenters. The highest BCUT2D eigenvalue weighted by molar-refractivity contribution is 5.26. The molecule has 17 heavy (non-hydrogen) atoms. The van der Waals surface area contributed by atoms with Crippen molar-refractivity contribution in [3.05, 3.63) is 11.4 Å². The Kier molecular flexibility index (Phi) is 5.68. The Morgan fingerprint density at radius 1 is 1.24 bits per heavy atom. The van der Waals surface area contributed by atoms with Crippen molar-refractivity contribution < 1.29 is 0 Å². The van der Waals surface area contributed by atoms with E-state index < -0.39 is 0 Å². The van der Waals surface area contributed by atoms with Crippen molar-refractivity contribution in [2.75, 3.05) is 0 Å². The molecule has 0 aromatic carbocycles. The number of nitrogens with zero attached hydrogens (tertiary/aromatic N) is 4. The summed E-state index contributed by atoms with van der Waals surface area (Å²) in [7, 11) is 0. The lowest BCUT2D eigenvalue weighted by Crippen LogP contribution is -2.07. The molecule has 0 N–H and O–H groups in total. The van der Waals surface area contributed by atoms with E-state index in [4.69, 9.17) is 5.26 Å². The van der Waals surface area contributed by atoms with Crippen molar-refractivity contribution in [1.29, 1.82) is 5.26 Å². The maximum absolute atomic E-state index is 8.96. The Morgan fingerprint density at radius 3 is 2.53 bits per heavy atom. The van der Waals surface area contributed by atoms with Gasteiger partial charge in [-0.2, -0.15) is 5.26 Å². The number of unbranched alkanes of at least 4 members (excludes halogenated alkanes) is 4. The molecule has 0 bridgehead atoms. The first kappa shape index (κ1) is 13.7. The van der Waals surface area contributed by atoms with Crippen LogP contribution in [-0.4, -0.2) is 15.0 Å². The van der Waals surface area contributed by atoms with E-state index in [1.54, 1.807) is 0 Å². The molecular formula is C13H22N4. The van der Waals surface area contributed by atoms with Crippen LogP contribution in [0.4, 0.5) is 0 Å². The maximum Gasteiger partial charge on any atom is 0.186 e. The number of aromatic nitrogens is 3. The van der Waals surface area contributed by atoms with Crippen LogP contribution in [0.1, 0.15) is 70.2 Å². The molecule has 0 spiro atoms. The maximum atomic E-state index is 8.96. The van der Waals surface area contributed by atoms with Gasteiger partial charge < -0.3 is 0 Å². The summed E-state index contributed by atoms with van der Waals surface area (Å²) in [5, 5.41) is 16.9. The highest BCUT2D eigenvalue weighted by Gasteiger charge is 2.15. The van der Waals surface area contributed by atoms with Gasteiger partial charge in [0.25, 0.3) is 0 Å². The van der Waals surface area contributed by atoms with Crippen molar-refractivity contribution in [2.45, 2.75) is 65.3 Å². The van der Waals surface area contributed by atoms with Crippen molar-refractivity contribution >= 4 is 0 Å². The zero-order valence-corrected chi connectivity index (χ0v) is 11.1. The number of rotatable bonds is 7. The van der Waals surface area contributed by atoms with Crippen LogP contribution in [0.3, 0.4) is 0 Å². The zero-order valence-electron chi connectivity index (χ0n) is 11.1. The molecule has 0 saturated carbocycles. The summed E-state index contributed by atoms with van der Waals surface area (Å²) in [4.78, 5) is 0. The number of aryl methyl sites for hydroxylation is 1. The fourth-order valence-electron chi connectivity index (χ4n) is 2.00. The van der Waals surface area contributed by atoms with Gasteiger partial charge >= 0.3 is 0 Å². The normalized spacial score (nSPS) is 10.8. The van der Waals surface area contributed by atoms with E-state index in [1.165, 1.54) is 25.7 Å². The van der Waals surface area contributed by atoms with E-state index in [0.29, 0.717) is 11.6 Å². The minimum Gasteiger partial charge on any atom is -0.248 e. The van der Waals surface area contributed by atoms with Crippen LogP contribution in [0.2, 0.25) is 0 Å². The Balaban J connectivity index is 2.54. The van der Waals surface area contributed by atoms with Crippen LogP contribution in [0, 0.1) is 11.3 Å². The molecule has 1 aromatic rings. The third kappa shape index (κ3) is 3.85. The fraction of sp³-hybridized carbons (Fsp3) is 0.769. The van der Waals surface area contributed by atoms with E-state index in [0.717, 1.165) is 18.7 Å². The summed E-state index contributed by atoms with van der Waals surface area (Å²) in [6.45, 7) is 7.25. The standard InChI is InChI=1S/C13H22N4/c1-4-5-6-7-8-9-17-13(11(2)3)12(10-14)15-16-17/h11H,4-9H2,1-3H3. The summed E-state index contributed by atoms with van der Waals surface area (Å²) in [6, 6.07) is 2.11. The monoisotopic (exact) mass is 234 g/mol. The van der Waals surface area contributed by atoms with Crippen molar-refractivity contribution in [3.8, 4) is 6.07 Å². The van der Waals surface area contributed by atoms with E-state index >= 15 is 0 Å². The van der Waals surface area contributed by atoms with Gasteiger partial charge in [-0.05, 0) is 12.3 Å². The van der Waals surface area contributed by atoms with Crippen molar-refractivity contribution in [3.63, 3.8) is 0 Å². The Hall–Kier alpha value is -1.37. The van der Waals surface area contributed by atoms with Gasteiger partial charge in [-0.15, -0.1) is 5.10 Å². The molecule has 0 atom stereocenters. The van der Waals surface area contributed by atoms with Crippen LogP contribution in [0.25, 0.3) is 0 Å². The average Bonchev–Trinajstić information content (AvgIpc) is 2.72. The first-order chi connectivity index (χ1) is 8.20. The van der Waals surface area contributed by atoms with Gasteiger partial charge in [-0.25, -0.2) is 4.68 Å². The third-order valence-electron chi connectivity index (χ3n) is 2.90. The molecular weight excluding hydrogens is 212 g/mol. The smallest absolute Gasteiger partial charge is 0.186 e. The summed E-state index contributed by atoms with van der Waals surface area (Å²) >= 11 is 0. The van der Waals surface area contributed by atoms with E-state index in [9.17, 15) is 0 Å². The van der Waals surface area contributed by atoms with Gasteiger partial charge in [0.05, 0.1) is 5.69 Å². The Bertz CT molecular complexity index is 373. The lowest BCUT2D eigenvalue weighted by Gasteiger charge is -2.08. The van der Waals surface area contributed by atoms with Gasteiger partial charge in [-0.1, -0.05) is 51.7 Å². The molecule has 1 rings (SSSR count). The predicted molar refractivity (Wildman–Crippen MR) is 67.6 cm³/mol. The second-order valence-corrected chi connectivity index (χ2v) is 4.73. The van der Waals surface area contributed by atoms with Crippen LogP contribution in [-0.2, 0) is 6.54 Å². The highest BCUT2D eigenvalue weighted by atomic mass is 15.4. The van der Waals surface area contributed by atoms with Crippen molar-refractivity contribution in [1.82, 2.24) is 15.0 Å². The Morgan fingerprint density at radius 2 is 1.94 bits per heavy atom. The SMILES string of the molecule is CCCCCCCn1nnc(C#N)c1C(C)C. The number of hydrogen-bond acceptors (Lipinski definition) is 3. The third-order valence-corrected chi connectivity index (χ3v) is 2.90. The molecule has 1 heterocycles. The topological polar surface area (TPSA) is 54.5 Å². The van der Waals surface area contributed by atoms with Crippen LogP contribution < -0.4 is 0 Å². The first-order valence-corrected chi connectivity index (χ1v) is 6.54. The van der Waals surface area contributed by atoms with E-state index in [1.807, 2.05) is 4.68 Å². The summed E-state index contributed by atoms with van der Waals surface area (Å²) in [5.41, 5.74) is 1.46. The Labute approximate surface area is 104 Å². The molecule has 94 valence electrons. The molecule has 0 saturated heterocycles. The predicted octanol–water partition coefficient (Wildman–Crippen LogP) is 3.24. The summed E-state index contributed by atoms with van der Waals surface area (Å²) in [6.07, 6.45) is 6.20. The molecule has 0 aliphatic carbocycles. The molecule has 0 fully saturated rings. The zero-order chi connectivity index (χ0) is 12.7. The van der Waals surface area contributed by atoms with E-state index in [2.05, 4.69) is 37.2 Å². The molecule has 4 nitrogen and oxygen atoms in total. The van der Waals surface area contributed by atoms with Gasteiger partial charge in [0, 0.05) is 6.54 Å². The lowest BCUT2D eigenvalue weighted by molar-refractivity contribution is 0.499. The molecule has 1 aromatic heterocycles. The largest absolute Gasteiger partial charge is 0.248 e. The van der Waals surface area contributed by atoms with Crippen LogP contribution >= 0.6 is 0 Å². The average molecular weight is 234 g/mol. The fourth-order valence-corrected chi connectivity index (χ4v) is 2.00. The number of hydrogen-bond donors (Lipinski definition) is 0. The minimum atomic E-state index is 0.301. The number of nitriles is 1. The second kappa shape index (κ2) is 7.05. The summed E-state index contributed by atoms with van der Waals surface area (Å²) in [5.74, 6) is 0.301. The first-order valence-electron chi connectivity index (χ1n) is 6.54. The molecule has 0 aliphatic heterocycles. The second-order valence-electron chi connectivity index (χ2n) is 4.73. The summed E-state index contributed by atoms with van der Waals surface area (Å²) < 4.78 is 1.90. The quantitative estimate of drug-likeness (QED) is 0.680. The molecule has 0 aliphatic rings. The van der Waals surface area contributed by atoms with Crippen LogP contribution in [0.5, 0.6) is 0 Å². The minimum absolute atomic E-state index is 0.301. The lowest BCUT2D eigenvalue weighted by atomic mass is 10.1. The highest BCUT2D eigenvalue weighted by Crippen LogP contribution is 2.17. The van der Waals surface area contributed by atoms with Crippen LogP contribution in [0.15, 0.2) is 0 Å². The van der Waals surface area contributed by atoms with Crippen molar-refractivity contribution in [2.24, 2.45) is 0 Å². The van der Waals surface area contributed by atoms with Gasteiger partial charge in [0.15, 0.2) is 5.69 Å². The van der Waals surface area contributed by atoms with E-state index in [-0.39, 0.29) is 0 Å². The molecule has 0 amide bonds.